The molecule has 0 amide bonds. The third-order valence-corrected chi connectivity index (χ3v) is 5.79. The maximum absolute atomic E-state index is 12.4. The van der Waals surface area contributed by atoms with Gasteiger partial charge in [-0.25, -0.2) is 8.42 Å². The molecular weight excluding hydrogens is 352 g/mol. The molecule has 0 unspecified atom stereocenters. The van der Waals surface area contributed by atoms with Gasteiger partial charge in [-0.05, 0) is 24.3 Å². The van der Waals surface area contributed by atoms with E-state index in [1.165, 1.54) is 0 Å². The summed E-state index contributed by atoms with van der Waals surface area (Å²) in [5.41, 5.74) is 0. The van der Waals surface area contributed by atoms with Gasteiger partial charge in [0.15, 0.2) is 0 Å². The molecule has 1 fully saturated rings. The van der Waals surface area contributed by atoms with E-state index < -0.39 is 10.0 Å². The number of benzene rings is 1. The quantitative estimate of drug-likeness (QED) is 0.764. The lowest BCUT2D eigenvalue weighted by atomic mass is 10.4. The summed E-state index contributed by atoms with van der Waals surface area (Å²) in [6, 6.07) is 6.75. The van der Waals surface area contributed by atoms with E-state index in [1.54, 1.807) is 28.6 Å². The number of piperazine rings is 1. The van der Waals surface area contributed by atoms with E-state index in [2.05, 4.69) is 20.8 Å². The lowest BCUT2D eigenvalue weighted by Crippen LogP contribution is -2.48. The Balaban J connectivity index is 2.07. The van der Waals surface area contributed by atoms with Crippen LogP contribution < -0.4 is 0 Å². The van der Waals surface area contributed by atoms with Crippen LogP contribution in [0, 0.1) is 0 Å². The first-order valence-corrected chi connectivity index (χ1v) is 8.85. The first-order chi connectivity index (χ1) is 9.04. The first kappa shape index (κ1) is 15.3. The molecule has 1 aliphatic heterocycles. The van der Waals surface area contributed by atoms with Crippen molar-refractivity contribution in [2.45, 2.75) is 4.90 Å². The molecule has 0 aromatic heterocycles. The van der Waals surface area contributed by atoms with Crippen LogP contribution in [-0.2, 0) is 10.0 Å². The van der Waals surface area contributed by atoms with Gasteiger partial charge in [0, 0.05) is 43.1 Å². The standard InChI is InChI=1S/C12H16BrClN2O2S/c13-11-1-3-12(4-2-11)19(17,18)16-9-7-15(6-5-14)8-10-16/h1-4H,5-10H2. The molecule has 106 valence electrons. The lowest BCUT2D eigenvalue weighted by Gasteiger charge is -2.33. The van der Waals surface area contributed by atoms with Gasteiger partial charge in [-0.3, -0.25) is 4.90 Å². The van der Waals surface area contributed by atoms with E-state index in [0.29, 0.717) is 23.9 Å². The number of hydrogen-bond acceptors (Lipinski definition) is 3. The minimum atomic E-state index is -3.36. The van der Waals surface area contributed by atoms with E-state index in [9.17, 15) is 8.42 Å². The number of alkyl halides is 1. The molecular formula is C12H16BrClN2O2S. The fraction of sp³-hybridized carbons (Fsp3) is 0.500. The second-order valence-corrected chi connectivity index (χ2v) is 7.62. The van der Waals surface area contributed by atoms with Gasteiger partial charge in [-0.1, -0.05) is 15.9 Å². The molecule has 19 heavy (non-hydrogen) atoms. The van der Waals surface area contributed by atoms with Crippen molar-refractivity contribution in [3.05, 3.63) is 28.7 Å². The smallest absolute Gasteiger partial charge is 0.243 e. The second-order valence-electron chi connectivity index (χ2n) is 4.39. The number of sulfonamides is 1. The fourth-order valence-electron chi connectivity index (χ4n) is 2.07. The van der Waals surface area contributed by atoms with Crippen molar-refractivity contribution in [2.75, 3.05) is 38.6 Å². The van der Waals surface area contributed by atoms with Crippen LogP contribution in [0.25, 0.3) is 0 Å². The van der Waals surface area contributed by atoms with Crippen molar-refractivity contribution in [1.29, 1.82) is 0 Å². The minimum absolute atomic E-state index is 0.349. The molecule has 2 rings (SSSR count). The van der Waals surface area contributed by atoms with Crippen LogP contribution in [0.5, 0.6) is 0 Å². The van der Waals surface area contributed by atoms with Crippen LogP contribution in [0.1, 0.15) is 0 Å². The van der Waals surface area contributed by atoms with Crippen molar-refractivity contribution in [3.63, 3.8) is 0 Å². The van der Waals surface area contributed by atoms with Crippen LogP contribution in [-0.4, -0.2) is 56.2 Å². The maximum atomic E-state index is 12.4. The molecule has 4 nitrogen and oxygen atoms in total. The van der Waals surface area contributed by atoms with Crippen molar-refractivity contribution in [3.8, 4) is 0 Å². The van der Waals surface area contributed by atoms with Gasteiger partial charge >= 0.3 is 0 Å². The number of hydrogen-bond donors (Lipinski definition) is 0. The van der Waals surface area contributed by atoms with Crippen molar-refractivity contribution in [2.24, 2.45) is 0 Å². The molecule has 0 radical (unpaired) electrons. The van der Waals surface area contributed by atoms with Gasteiger partial charge in [0.2, 0.25) is 10.0 Å². The van der Waals surface area contributed by atoms with E-state index >= 15 is 0 Å². The molecule has 1 saturated heterocycles. The van der Waals surface area contributed by atoms with Gasteiger partial charge in [0.1, 0.15) is 0 Å². The van der Waals surface area contributed by atoms with E-state index in [-0.39, 0.29) is 0 Å². The van der Waals surface area contributed by atoms with Crippen LogP contribution in [0.15, 0.2) is 33.6 Å². The summed E-state index contributed by atoms with van der Waals surface area (Å²) in [6.45, 7) is 3.34. The minimum Gasteiger partial charge on any atom is -0.300 e. The highest BCUT2D eigenvalue weighted by molar-refractivity contribution is 9.10. The largest absolute Gasteiger partial charge is 0.300 e. The third kappa shape index (κ3) is 3.70. The monoisotopic (exact) mass is 366 g/mol. The molecule has 1 heterocycles. The van der Waals surface area contributed by atoms with Gasteiger partial charge in [0.05, 0.1) is 4.90 Å². The molecule has 0 bridgehead atoms. The molecule has 1 aromatic carbocycles. The SMILES string of the molecule is O=S(=O)(c1ccc(Br)cc1)N1CCN(CCCl)CC1. The molecule has 0 atom stereocenters. The first-order valence-electron chi connectivity index (χ1n) is 6.08. The van der Waals surface area contributed by atoms with Gasteiger partial charge in [-0.2, -0.15) is 4.31 Å². The maximum Gasteiger partial charge on any atom is 0.243 e. The van der Waals surface area contributed by atoms with Crippen LogP contribution >= 0.6 is 27.5 Å². The highest BCUT2D eigenvalue weighted by Crippen LogP contribution is 2.20. The molecule has 7 heteroatoms. The van der Waals surface area contributed by atoms with Gasteiger partial charge in [-0.15, -0.1) is 11.6 Å². The topological polar surface area (TPSA) is 40.6 Å². The number of rotatable bonds is 4. The lowest BCUT2D eigenvalue weighted by molar-refractivity contribution is 0.197. The highest BCUT2D eigenvalue weighted by atomic mass is 79.9. The van der Waals surface area contributed by atoms with E-state index in [1.807, 2.05) is 0 Å². The van der Waals surface area contributed by atoms with Crippen molar-refractivity contribution < 1.29 is 8.42 Å². The summed E-state index contributed by atoms with van der Waals surface area (Å²) in [6.07, 6.45) is 0. The Hall–Kier alpha value is -0.140. The Kier molecular flexibility index (Phi) is 5.25. The molecule has 0 aliphatic carbocycles. The summed E-state index contributed by atoms with van der Waals surface area (Å²) in [5, 5.41) is 0. The zero-order chi connectivity index (χ0) is 13.9. The van der Waals surface area contributed by atoms with E-state index in [0.717, 1.165) is 24.1 Å². The fourth-order valence-corrected chi connectivity index (χ4v) is 3.99. The Labute approximate surface area is 127 Å². The average molecular weight is 368 g/mol. The van der Waals surface area contributed by atoms with Crippen LogP contribution in [0.4, 0.5) is 0 Å². The molecule has 1 aromatic rings. The second kappa shape index (κ2) is 6.54. The molecule has 0 N–H and O–H groups in total. The zero-order valence-electron chi connectivity index (χ0n) is 10.4. The summed E-state index contributed by atoms with van der Waals surface area (Å²) in [5.74, 6) is 0.583. The summed E-state index contributed by atoms with van der Waals surface area (Å²) < 4.78 is 27.3. The molecule has 1 aliphatic rings. The Bertz CT molecular complexity index is 513. The summed E-state index contributed by atoms with van der Waals surface area (Å²) in [4.78, 5) is 2.53. The highest BCUT2D eigenvalue weighted by Gasteiger charge is 2.27. The van der Waals surface area contributed by atoms with Crippen LogP contribution in [0.2, 0.25) is 0 Å². The van der Waals surface area contributed by atoms with Crippen molar-refractivity contribution >= 4 is 37.6 Å². The number of halogens is 2. The van der Waals surface area contributed by atoms with E-state index in [4.69, 9.17) is 11.6 Å². The normalized spacial score (nSPS) is 18.6. The zero-order valence-corrected chi connectivity index (χ0v) is 13.6. The summed E-state index contributed by atoms with van der Waals surface area (Å²) >= 11 is 9.00. The Morgan fingerprint density at radius 1 is 1.11 bits per heavy atom. The predicted molar refractivity (Wildman–Crippen MR) is 80.1 cm³/mol. The molecule has 0 spiro atoms. The molecule has 0 saturated carbocycles. The Morgan fingerprint density at radius 2 is 1.68 bits per heavy atom. The predicted octanol–water partition coefficient (Wildman–Crippen LogP) is 1.99. The Morgan fingerprint density at radius 3 is 2.21 bits per heavy atom. The summed E-state index contributed by atoms with van der Waals surface area (Å²) in [7, 11) is -3.36. The van der Waals surface area contributed by atoms with Crippen molar-refractivity contribution in [1.82, 2.24) is 9.21 Å². The average Bonchev–Trinajstić information content (AvgIpc) is 2.40. The van der Waals surface area contributed by atoms with Gasteiger partial charge < -0.3 is 0 Å². The third-order valence-electron chi connectivity index (χ3n) is 3.18. The van der Waals surface area contributed by atoms with Gasteiger partial charge in [0.25, 0.3) is 0 Å². The number of nitrogens with zero attached hydrogens (tertiary/aromatic N) is 2. The van der Waals surface area contributed by atoms with Crippen LogP contribution in [0.3, 0.4) is 0 Å².